The summed E-state index contributed by atoms with van der Waals surface area (Å²) in [6.45, 7) is 9.85. The number of hydrogen-bond acceptors (Lipinski definition) is 3. The molecule has 0 amide bonds. The predicted molar refractivity (Wildman–Crippen MR) is 66.6 cm³/mol. The molecule has 0 radical (unpaired) electrons. The van der Waals surface area contributed by atoms with Crippen molar-refractivity contribution in [3.8, 4) is 0 Å². The summed E-state index contributed by atoms with van der Waals surface area (Å²) in [7, 11) is 0. The minimum atomic E-state index is -0.446. The quantitative estimate of drug-likeness (QED) is 0.475. The molecule has 0 aliphatic rings. The second-order valence-corrected chi connectivity index (χ2v) is 2.31. The minimum Gasteiger partial charge on any atom is -0.370 e. The van der Waals surface area contributed by atoms with Crippen molar-refractivity contribution in [1.29, 1.82) is 0 Å². The fraction of sp³-hybridized carbons (Fsp3) is 0.800. The van der Waals surface area contributed by atoms with E-state index in [4.69, 9.17) is 17.2 Å². The fourth-order valence-corrected chi connectivity index (χ4v) is 0.536. The Hall–Kier alpha value is -1.10. The van der Waals surface area contributed by atoms with Crippen LogP contribution in [-0.2, 0) is 4.79 Å². The minimum absolute atomic E-state index is 0.0285. The summed E-state index contributed by atoms with van der Waals surface area (Å²) >= 11 is 0. The van der Waals surface area contributed by atoms with E-state index >= 15 is 0 Å². The van der Waals surface area contributed by atoms with Crippen LogP contribution < -0.4 is 17.2 Å². The van der Waals surface area contributed by atoms with E-state index in [1.807, 2.05) is 27.7 Å². The first-order valence-electron chi connectivity index (χ1n) is 5.35. The van der Waals surface area contributed by atoms with Crippen LogP contribution in [0.25, 0.3) is 0 Å². The first-order valence-corrected chi connectivity index (χ1v) is 5.35. The lowest BCUT2D eigenvalue weighted by atomic mass is 10.1. The van der Waals surface area contributed by atoms with E-state index in [1.165, 1.54) is 6.92 Å². The summed E-state index contributed by atoms with van der Waals surface area (Å²) in [5.41, 5.74) is 15.5. The van der Waals surface area contributed by atoms with Gasteiger partial charge in [-0.1, -0.05) is 27.7 Å². The molecule has 0 aliphatic carbocycles. The second kappa shape index (κ2) is 15.4. The molecule has 0 aliphatic heterocycles. The van der Waals surface area contributed by atoms with Gasteiger partial charge in [0.15, 0.2) is 5.96 Å². The van der Waals surface area contributed by atoms with Gasteiger partial charge >= 0.3 is 0 Å². The number of carbonyl (C=O) groups excluding carboxylic acids is 1. The van der Waals surface area contributed by atoms with Gasteiger partial charge in [0.25, 0.3) is 0 Å². The lowest BCUT2D eigenvalue weighted by Gasteiger charge is -2.03. The number of carbonyl (C=O) groups is 1. The molecule has 0 rings (SSSR count). The highest BCUT2D eigenvalue weighted by atomic mass is 16.1. The van der Waals surface area contributed by atoms with Gasteiger partial charge in [0.05, 0.1) is 6.04 Å². The number of nitrogens with zero attached hydrogens (tertiary/aromatic N) is 1. The highest BCUT2D eigenvalue weighted by molar-refractivity contribution is 5.81. The van der Waals surface area contributed by atoms with E-state index in [0.717, 1.165) is 0 Å². The second-order valence-electron chi connectivity index (χ2n) is 2.31. The molecule has 0 bridgehead atoms. The first kappa shape index (κ1) is 19.5. The van der Waals surface area contributed by atoms with E-state index in [9.17, 15) is 4.79 Å². The van der Waals surface area contributed by atoms with Crippen LogP contribution in [0.5, 0.6) is 0 Å². The molecule has 0 saturated heterocycles. The molecule has 15 heavy (non-hydrogen) atoms. The van der Waals surface area contributed by atoms with Crippen molar-refractivity contribution in [3.63, 3.8) is 0 Å². The maximum absolute atomic E-state index is 10.6. The Kier molecular flexibility index (Phi) is 20.0. The summed E-state index contributed by atoms with van der Waals surface area (Å²) in [5, 5.41) is 0. The molecule has 0 heterocycles. The van der Waals surface area contributed by atoms with Crippen LogP contribution in [-0.4, -0.2) is 24.3 Å². The van der Waals surface area contributed by atoms with Gasteiger partial charge in [-0.15, -0.1) is 0 Å². The van der Waals surface area contributed by atoms with E-state index in [2.05, 4.69) is 4.99 Å². The Morgan fingerprint density at radius 2 is 1.60 bits per heavy atom. The Bertz CT molecular complexity index is 165. The maximum Gasteiger partial charge on any atom is 0.185 e. The van der Waals surface area contributed by atoms with E-state index < -0.39 is 6.04 Å². The van der Waals surface area contributed by atoms with Gasteiger partial charge in [0, 0.05) is 6.54 Å². The SMILES string of the molecule is CC.CC.CC(=O)C(N)CCN=C(N)N. The number of nitrogens with two attached hydrogens (primary N) is 3. The molecule has 0 aromatic carbocycles. The molecule has 1 unspecified atom stereocenters. The van der Waals surface area contributed by atoms with Crippen molar-refractivity contribution >= 4 is 11.7 Å². The third kappa shape index (κ3) is 19.3. The molecule has 0 aromatic heterocycles. The number of Topliss-reactive ketones (excluding diaryl/α,β-unsaturated/α-hetero) is 1. The molecule has 5 nitrogen and oxygen atoms in total. The summed E-state index contributed by atoms with van der Waals surface area (Å²) in [6.07, 6.45) is 0.493. The van der Waals surface area contributed by atoms with Crippen LogP contribution >= 0.6 is 0 Å². The zero-order valence-corrected chi connectivity index (χ0v) is 10.6. The third-order valence-corrected chi connectivity index (χ3v) is 1.26. The van der Waals surface area contributed by atoms with Gasteiger partial charge in [-0.3, -0.25) is 9.79 Å². The molecule has 1 atom stereocenters. The zero-order valence-electron chi connectivity index (χ0n) is 10.6. The molecule has 0 saturated carbocycles. The summed E-state index contributed by atoms with van der Waals surface area (Å²) in [5.74, 6) is -0.0171. The van der Waals surface area contributed by atoms with Crippen LogP contribution in [0.1, 0.15) is 41.0 Å². The van der Waals surface area contributed by atoms with Gasteiger partial charge in [0.1, 0.15) is 5.78 Å². The van der Waals surface area contributed by atoms with Crippen LogP contribution in [0.4, 0.5) is 0 Å². The van der Waals surface area contributed by atoms with E-state index in [1.54, 1.807) is 0 Å². The highest BCUT2D eigenvalue weighted by Crippen LogP contribution is 1.89. The van der Waals surface area contributed by atoms with Crippen molar-refractivity contribution in [3.05, 3.63) is 0 Å². The van der Waals surface area contributed by atoms with Crippen LogP contribution in [0.3, 0.4) is 0 Å². The van der Waals surface area contributed by atoms with Crippen molar-refractivity contribution in [2.24, 2.45) is 22.2 Å². The van der Waals surface area contributed by atoms with Crippen molar-refractivity contribution in [2.75, 3.05) is 6.54 Å². The van der Waals surface area contributed by atoms with Crippen molar-refractivity contribution in [1.82, 2.24) is 0 Å². The lowest BCUT2D eigenvalue weighted by Crippen LogP contribution is -2.30. The molecule has 0 fully saturated rings. The number of hydrogen-bond donors (Lipinski definition) is 3. The van der Waals surface area contributed by atoms with Gasteiger partial charge in [-0.05, 0) is 13.3 Å². The number of ketones is 1. The highest BCUT2D eigenvalue weighted by Gasteiger charge is 2.05. The summed E-state index contributed by atoms with van der Waals surface area (Å²) in [6, 6.07) is -0.446. The molecule has 6 N–H and O–H groups in total. The number of aliphatic imine (C=N–C) groups is 1. The van der Waals surface area contributed by atoms with Crippen LogP contribution in [0.2, 0.25) is 0 Å². The van der Waals surface area contributed by atoms with Crippen molar-refractivity contribution < 1.29 is 4.79 Å². The Morgan fingerprint density at radius 3 is 1.87 bits per heavy atom. The third-order valence-electron chi connectivity index (χ3n) is 1.26. The van der Waals surface area contributed by atoms with Gasteiger partial charge in [0.2, 0.25) is 0 Å². The molecule has 0 aromatic rings. The van der Waals surface area contributed by atoms with Gasteiger partial charge in [-0.25, -0.2) is 0 Å². The average Bonchev–Trinajstić information content (AvgIpc) is 2.23. The van der Waals surface area contributed by atoms with Crippen molar-refractivity contribution in [2.45, 2.75) is 47.1 Å². The summed E-state index contributed by atoms with van der Waals surface area (Å²) in [4.78, 5) is 14.3. The summed E-state index contributed by atoms with van der Waals surface area (Å²) < 4.78 is 0. The number of rotatable bonds is 4. The van der Waals surface area contributed by atoms with Crippen LogP contribution in [0, 0.1) is 0 Å². The molecular formula is C10H26N4O. The Morgan fingerprint density at radius 1 is 1.20 bits per heavy atom. The monoisotopic (exact) mass is 218 g/mol. The number of guanidine groups is 1. The smallest absolute Gasteiger partial charge is 0.185 e. The van der Waals surface area contributed by atoms with Gasteiger partial charge < -0.3 is 17.2 Å². The largest absolute Gasteiger partial charge is 0.370 e. The fourth-order valence-electron chi connectivity index (χ4n) is 0.536. The Balaban J connectivity index is -0.000000318. The predicted octanol–water partition coefficient (Wildman–Crippen LogP) is 0.619. The zero-order chi connectivity index (χ0) is 12.9. The molecule has 92 valence electrons. The topological polar surface area (TPSA) is 107 Å². The van der Waals surface area contributed by atoms with E-state index in [-0.39, 0.29) is 11.7 Å². The average molecular weight is 218 g/mol. The molecule has 0 spiro atoms. The van der Waals surface area contributed by atoms with E-state index in [0.29, 0.717) is 13.0 Å². The maximum atomic E-state index is 10.6. The van der Waals surface area contributed by atoms with Crippen LogP contribution in [0.15, 0.2) is 4.99 Å². The first-order chi connectivity index (χ1) is 7.04. The lowest BCUT2D eigenvalue weighted by molar-refractivity contribution is -0.118. The standard InChI is InChI=1S/C6H14N4O.2C2H6/c1-4(11)5(7)2-3-10-6(8)9;2*1-2/h5H,2-3,7H2,1H3,(H4,8,9,10);2*1-2H3. The molecule has 5 heteroatoms. The molecular weight excluding hydrogens is 192 g/mol. The normalized spacial score (nSPS) is 9.73. The van der Waals surface area contributed by atoms with Gasteiger partial charge in [-0.2, -0.15) is 0 Å². The Labute approximate surface area is 93.1 Å².